The van der Waals surface area contributed by atoms with Crippen molar-refractivity contribution in [3.8, 4) is 35.2 Å². The second kappa shape index (κ2) is 18.6. The van der Waals surface area contributed by atoms with Crippen LogP contribution < -0.4 is 9.47 Å². The molecule has 0 bridgehead atoms. The molecular formula is C68H50O2S. The summed E-state index contributed by atoms with van der Waals surface area (Å²) in [6.07, 6.45) is 1.80. The number of hydrogen-bond donors (Lipinski definition) is 0. The monoisotopic (exact) mass is 930 g/mol. The van der Waals surface area contributed by atoms with Crippen molar-refractivity contribution >= 4 is 33.3 Å². The molecule has 0 aromatic heterocycles. The molecule has 340 valence electrons. The molecule has 12 rings (SSSR count). The van der Waals surface area contributed by atoms with E-state index in [1.165, 1.54) is 87.3 Å². The molecule has 0 heterocycles. The van der Waals surface area contributed by atoms with Crippen LogP contribution in [0.15, 0.2) is 228 Å². The smallest absolute Gasteiger partial charge is 0.149 e. The molecule has 0 unspecified atom stereocenters. The first-order chi connectivity index (χ1) is 35.1. The van der Waals surface area contributed by atoms with Crippen LogP contribution in [0.5, 0.6) is 11.5 Å². The second-order valence-corrected chi connectivity index (χ2v) is 19.7. The second-order valence-electron chi connectivity index (χ2n) is 18.5. The number of hydrogen-bond acceptors (Lipinski definition) is 3. The molecule has 0 amide bonds. The van der Waals surface area contributed by atoms with Crippen molar-refractivity contribution in [2.24, 2.45) is 0 Å². The van der Waals surface area contributed by atoms with Crippen LogP contribution in [0, 0.1) is 23.7 Å². The molecule has 0 spiro atoms. The lowest BCUT2D eigenvalue weighted by Gasteiger charge is -2.42. The van der Waals surface area contributed by atoms with Crippen molar-refractivity contribution in [3.05, 3.63) is 285 Å². The molecule has 10 aromatic carbocycles. The standard InChI is InChI=1S/C68H50O2S/c1-3-5-39-69-59-33-25-47-43-57(27-23-49(47)45-59)67(63-19-11-7-15-51(63)41-52-16-8-12-20-64(52)67)55-29-35-61(36-30-55)71-62-37-31-56(32-38-62)68(65-21-13-9-17-53(65)42-54-18-10-14-22-66(54)68)58-28-24-50-46-60(70-40-6-4-2)34-26-48(50)44-58/h7-38,43-46H,39-42H2,1-2H3. The molecule has 3 heteroatoms. The molecule has 2 aliphatic carbocycles. The fourth-order valence-electron chi connectivity index (χ4n) is 11.6. The zero-order valence-corrected chi connectivity index (χ0v) is 40.7. The Morgan fingerprint density at radius 1 is 0.366 bits per heavy atom. The Morgan fingerprint density at radius 2 is 0.690 bits per heavy atom. The highest BCUT2D eigenvalue weighted by molar-refractivity contribution is 7.99. The number of ether oxygens (including phenoxy) is 2. The van der Waals surface area contributed by atoms with E-state index in [4.69, 9.17) is 9.47 Å². The first-order valence-corrected chi connectivity index (χ1v) is 25.2. The van der Waals surface area contributed by atoms with E-state index in [-0.39, 0.29) is 0 Å². The third-order valence-electron chi connectivity index (χ3n) is 14.7. The van der Waals surface area contributed by atoms with Crippen LogP contribution in [0.1, 0.15) is 80.6 Å². The maximum Gasteiger partial charge on any atom is 0.149 e. The zero-order chi connectivity index (χ0) is 47.8. The van der Waals surface area contributed by atoms with Crippen molar-refractivity contribution in [3.63, 3.8) is 0 Å². The number of fused-ring (bicyclic) bond motifs is 6. The largest absolute Gasteiger partial charge is 0.481 e. The van der Waals surface area contributed by atoms with Crippen LogP contribution in [-0.2, 0) is 23.7 Å². The maximum absolute atomic E-state index is 5.96. The molecule has 2 nitrogen and oxygen atoms in total. The Kier molecular flexibility index (Phi) is 11.5. The van der Waals surface area contributed by atoms with Gasteiger partial charge in [-0.1, -0.05) is 181 Å². The van der Waals surface area contributed by atoms with Gasteiger partial charge in [-0.3, -0.25) is 0 Å². The van der Waals surface area contributed by atoms with Gasteiger partial charge in [0.25, 0.3) is 0 Å². The van der Waals surface area contributed by atoms with E-state index in [2.05, 4.69) is 242 Å². The van der Waals surface area contributed by atoms with Crippen molar-refractivity contribution in [1.82, 2.24) is 0 Å². The van der Waals surface area contributed by atoms with Gasteiger partial charge in [-0.25, -0.2) is 0 Å². The average Bonchev–Trinajstić information content (AvgIpc) is 3.42. The van der Waals surface area contributed by atoms with E-state index in [0.717, 1.165) is 35.1 Å². The fraction of sp³-hybridized carbons (Fsp3) is 0.118. The molecule has 0 N–H and O–H groups in total. The number of rotatable bonds is 10. The van der Waals surface area contributed by atoms with Gasteiger partial charge in [0.1, 0.15) is 24.7 Å². The summed E-state index contributed by atoms with van der Waals surface area (Å²) in [7, 11) is 0. The molecule has 0 aliphatic heterocycles. The van der Waals surface area contributed by atoms with E-state index in [1.807, 2.05) is 25.6 Å². The Morgan fingerprint density at radius 3 is 1.06 bits per heavy atom. The highest BCUT2D eigenvalue weighted by Crippen LogP contribution is 2.53. The summed E-state index contributed by atoms with van der Waals surface area (Å²) in [5.74, 6) is 13.5. The van der Waals surface area contributed by atoms with Crippen LogP contribution in [-0.4, -0.2) is 13.2 Å². The summed E-state index contributed by atoms with van der Waals surface area (Å²) in [5.41, 5.74) is 14.7. The van der Waals surface area contributed by atoms with Gasteiger partial charge in [0, 0.05) is 9.79 Å². The molecule has 71 heavy (non-hydrogen) atoms. The van der Waals surface area contributed by atoms with E-state index in [9.17, 15) is 0 Å². The summed E-state index contributed by atoms with van der Waals surface area (Å²) in [6, 6.07) is 81.5. The average molecular weight is 931 g/mol. The van der Waals surface area contributed by atoms with Gasteiger partial charge in [-0.15, -0.1) is 11.8 Å². The van der Waals surface area contributed by atoms with E-state index < -0.39 is 10.8 Å². The summed E-state index contributed by atoms with van der Waals surface area (Å²) in [4.78, 5) is 2.38. The van der Waals surface area contributed by atoms with Crippen LogP contribution in [0.2, 0.25) is 0 Å². The van der Waals surface area contributed by atoms with Gasteiger partial charge in [-0.05, 0) is 176 Å². The highest BCUT2D eigenvalue weighted by atomic mass is 32.2. The summed E-state index contributed by atoms with van der Waals surface area (Å²) in [6.45, 7) is 4.43. The fourth-order valence-corrected chi connectivity index (χ4v) is 12.4. The van der Waals surface area contributed by atoms with E-state index in [1.54, 1.807) is 0 Å². The molecule has 10 aromatic rings. The molecule has 0 radical (unpaired) electrons. The summed E-state index contributed by atoms with van der Waals surface area (Å²) < 4.78 is 11.9. The minimum atomic E-state index is -0.528. The SMILES string of the molecule is CC#CCOc1ccc2cc(C3(c4ccc(Sc5ccc(C6(c7ccc8cc(OCC#CC)ccc8c7)c7ccccc7Cc7ccccc76)cc5)cc4)c4ccccc4Cc4ccccc43)ccc2c1. The van der Waals surface area contributed by atoms with Crippen molar-refractivity contribution < 1.29 is 9.47 Å². The van der Waals surface area contributed by atoms with Gasteiger partial charge in [-0.2, -0.15) is 0 Å². The quantitative estimate of drug-likeness (QED) is 0.127. The predicted molar refractivity (Wildman–Crippen MR) is 292 cm³/mol. The van der Waals surface area contributed by atoms with Gasteiger partial charge < -0.3 is 9.47 Å². The van der Waals surface area contributed by atoms with Gasteiger partial charge >= 0.3 is 0 Å². The minimum absolute atomic E-state index is 0.377. The van der Waals surface area contributed by atoms with Gasteiger partial charge in [0.2, 0.25) is 0 Å². The highest BCUT2D eigenvalue weighted by Gasteiger charge is 2.45. The topological polar surface area (TPSA) is 18.5 Å². The molecule has 2 aliphatic rings. The van der Waals surface area contributed by atoms with Crippen LogP contribution in [0.4, 0.5) is 0 Å². The van der Waals surface area contributed by atoms with Gasteiger partial charge in [0.15, 0.2) is 0 Å². The number of benzene rings is 10. The van der Waals surface area contributed by atoms with Crippen molar-refractivity contribution in [1.29, 1.82) is 0 Å². The Balaban J connectivity index is 0.928. The first-order valence-electron chi connectivity index (χ1n) is 24.4. The normalized spacial score (nSPS) is 13.5. The van der Waals surface area contributed by atoms with Crippen LogP contribution >= 0.6 is 11.8 Å². The van der Waals surface area contributed by atoms with Crippen LogP contribution in [0.25, 0.3) is 21.5 Å². The molecule has 0 saturated heterocycles. The minimum Gasteiger partial charge on any atom is -0.481 e. The third kappa shape index (κ3) is 7.66. The Bertz CT molecular complexity index is 3440. The van der Waals surface area contributed by atoms with Crippen LogP contribution in [0.3, 0.4) is 0 Å². The summed E-state index contributed by atoms with van der Waals surface area (Å²) >= 11 is 1.81. The lowest BCUT2D eigenvalue weighted by Crippen LogP contribution is -2.36. The molecule has 0 atom stereocenters. The lowest BCUT2D eigenvalue weighted by atomic mass is 9.59. The molecular weight excluding hydrogens is 881 g/mol. The summed E-state index contributed by atoms with van der Waals surface area (Å²) in [5, 5.41) is 4.62. The maximum atomic E-state index is 5.96. The molecule has 0 fully saturated rings. The zero-order valence-electron chi connectivity index (χ0n) is 39.8. The Labute approximate surface area is 421 Å². The lowest BCUT2D eigenvalue weighted by molar-refractivity contribution is 0.370. The first kappa shape index (κ1) is 44.0. The molecule has 0 saturated carbocycles. The third-order valence-corrected chi connectivity index (χ3v) is 15.7. The Hall–Kier alpha value is -8.21. The predicted octanol–water partition coefficient (Wildman–Crippen LogP) is 15.5. The van der Waals surface area contributed by atoms with E-state index in [0.29, 0.717) is 13.2 Å². The van der Waals surface area contributed by atoms with Gasteiger partial charge in [0.05, 0.1) is 10.8 Å². The van der Waals surface area contributed by atoms with Crippen molar-refractivity contribution in [2.75, 3.05) is 13.2 Å². The van der Waals surface area contributed by atoms with E-state index >= 15 is 0 Å². The van der Waals surface area contributed by atoms with Crippen molar-refractivity contribution in [2.45, 2.75) is 47.3 Å².